The van der Waals surface area contributed by atoms with Crippen molar-refractivity contribution < 1.29 is 8.42 Å². The van der Waals surface area contributed by atoms with E-state index in [1.54, 1.807) is 17.5 Å². The van der Waals surface area contributed by atoms with Gasteiger partial charge in [-0.15, -0.1) is 11.3 Å². The average Bonchev–Trinajstić information content (AvgIpc) is 2.67. The predicted molar refractivity (Wildman–Crippen MR) is 65.1 cm³/mol. The fourth-order valence-corrected chi connectivity index (χ4v) is 3.63. The van der Waals surface area contributed by atoms with Crippen molar-refractivity contribution in [2.45, 2.75) is 29.5 Å². The summed E-state index contributed by atoms with van der Waals surface area (Å²) in [4.78, 5) is 0. The lowest BCUT2D eigenvalue weighted by molar-refractivity contribution is 0.342. The molecule has 0 aliphatic heterocycles. The highest BCUT2D eigenvalue weighted by Crippen LogP contribution is 2.17. The molecule has 0 amide bonds. The van der Waals surface area contributed by atoms with Crippen LogP contribution in [0.2, 0.25) is 0 Å². The van der Waals surface area contributed by atoms with Crippen LogP contribution in [0, 0.1) is 0 Å². The lowest BCUT2D eigenvalue weighted by atomic mass is 9.93. The minimum atomic E-state index is -3.28. The Hall–Kier alpha value is -0.430. The van der Waals surface area contributed by atoms with Gasteiger partial charge < -0.3 is 5.32 Å². The van der Waals surface area contributed by atoms with Crippen molar-refractivity contribution in [2.24, 2.45) is 0 Å². The lowest BCUT2D eigenvalue weighted by Crippen LogP contribution is -2.40. The van der Waals surface area contributed by atoms with Crippen LogP contribution in [0.15, 0.2) is 21.7 Å². The Kier molecular flexibility index (Phi) is 3.96. The first-order valence-corrected chi connectivity index (χ1v) is 7.81. The zero-order chi connectivity index (χ0) is 11.4. The van der Waals surface area contributed by atoms with E-state index in [1.165, 1.54) is 30.6 Å². The molecule has 0 radical (unpaired) electrons. The first kappa shape index (κ1) is 12.0. The van der Waals surface area contributed by atoms with E-state index in [9.17, 15) is 8.42 Å². The van der Waals surface area contributed by atoms with Crippen LogP contribution in [0.25, 0.3) is 0 Å². The van der Waals surface area contributed by atoms with Gasteiger partial charge in [0.2, 0.25) is 10.0 Å². The van der Waals surface area contributed by atoms with Gasteiger partial charge in [0.1, 0.15) is 4.21 Å². The van der Waals surface area contributed by atoms with Gasteiger partial charge in [-0.05, 0) is 24.3 Å². The largest absolute Gasteiger partial charge is 0.313 e. The second kappa shape index (κ2) is 5.27. The van der Waals surface area contributed by atoms with Gasteiger partial charge in [-0.25, -0.2) is 13.1 Å². The minimum Gasteiger partial charge on any atom is -0.313 e. The van der Waals surface area contributed by atoms with Crippen LogP contribution < -0.4 is 10.0 Å². The Balaban J connectivity index is 1.72. The van der Waals surface area contributed by atoms with Gasteiger partial charge in [0.25, 0.3) is 0 Å². The number of sulfonamides is 1. The topological polar surface area (TPSA) is 58.2 Å². The molecule has 2 N–H and O–H groups in total. The van der Waals surface area contributed by atoms with Crippen LogP contribution >= 0.6 is 11.3 Å². The Morgan fingerprint density at radius 2 is 2.19 bits per heavy atom. The van der Waals surface area contributed by atoms with Crippen molar-refractivity contribution in [3.05, 3.63) is 17.5 Å². The van der Waals surface area contributed by atoms with Crippen LogP contribution in [0.4, 0.5) is 0 Å². The number of rotatable bonds is 6. The van der Waals surface area contributed by atoms with E-state index in [0.717, 1.165) is 0 Å². The zero-order valence-corrected chi connectivity index (χ0v) is 10.6. The smallest absolute Gasteiger partial charge is 0.250 e. The summed E-state index contributed by atoms with van der Waals surface area (Å²) in [5, 5.41) is 5.08. The summed E-state index contributed by atoms with van der Waals surface area (Å²) in [6.07, 6.45) is 3.73. The fraction of sp³-hybridized carbons (Fsp3) is 0.600. The van der Waals surface area contributed by atoms with Crippen molar-refractivity contribution in [1.82, 2.24) is 10.0 Å². The highest BCUT2D eigenvalue weighted by Gasteiger charge is 2.17. The molecule has 16 heavy (non-hydrogen) atoms. The normalized spacial score (nSPS) is 17.2. The predicted octanol–water partition coefficient (Wildman–Crippen LogP) is 1.17. The van der Waals surface area contributed by atoms with E-state index >= 15 is 0 Å². The molecule has 0 unspecified atom stereocenters. The van der Waals surface area contributed by atoms with Gasteiger partial charge in [0.05, 0.1) is 0 Å². The molecule has 1 fully saturated rings. The fourth-order valence-electron chi connectivity index (χ4n) is 1.56. The molecule has 0 saturated heterocycles. The van der Waals surface area contributed by atoms with Crippen molar-refractivity contribution in [2.75, 3.05) is 13.1 Å². The van der Waals surface area contributed by atoms with Crippen LogP contribution in [-0.2, 0) is 10.0 Å². The third kappa shape index (κ3) is 3.04. The molecular weight excluding hydrogens is 244 g/mol. The zero-order valence-electron chi connectivity index (χ0n) is 8.98. The monoisotopic (exact) mass is 260 g/mol. The van der Waals surface area contributed by atoms with Crippen LogP contribution in [-0.4, -0.2) is 27.5 Å². The highest BCUT2D eigenvalue weighted by molar-refractivity contribution is 7.91. The van der Waals surface area contributed by atoms with E-state index in [0.29, 0.717) is 23.3 Å². The van der Waals surface area contributed by atoms with Gasteiger partial charge in [0.15, 0.2) is 0 Å². The highest BCUT2D eigenvalue weighted by atomic mass is 32.2. The second-order valence-corrected chi connectivity index (χ2v) is 6.85. The van der Waals surface area contributed by atoms with E-state index in [1.807, 2.05) is 0 Å². The average molecular weight is 260 g/mol. The van der Waals surface area contributed by atoms with E-state index in [4.69, 9.17) is 0 Å². The van der Waals surface area contributed by atoms with Crippen LogP contribution in [0.1, 0.15) is 19.3 Å². The van der Waals surface area contributed by atoms with Crippen molar-refractivity contribution in [3.8, 4) is 0 Å². The summed E-state index contributed by atoms with van der Waals surface area (Å²) in [6.45, 7) is 1.16. The molecule has 1 saturated carbocycles. The molecule has 1 aromatic heterocycles. The maximum Gasteiger partial charge on any atom is 0.250 e. The second-order valence-electron chi connectivity index (χ2n) is 3.91. The number of thiophene rings is 1. The quantitative estimate of drug-likeness (QED) is 0.755. The first-order chi connectivity index (χ1) is 7.68. The van der Waals surface area contributed by atoms with Gasteiger partial charge >= 0.3 is 0 Å². The molecule has 1 aromatic rings. The minimum absolute atomic E-state index is 0.385. The molecule has 0 aromatic carbocycles. The molecule has 0 spiro atoms. The molecule has 4 nitrogen and oxygen atoms in total. The SMILES string of the molecule is O=S(=O)(NCCNC1CCC1)c1cccs1. The summed E-state index contributed by atoms with van der Waals surface area (Å²) in [5.41, 5.74) is 0. The molecule has 1 heterocycles. The van der Waals surface area contributed by atoms with Crippen molar-refractivity contribution in [3.63, 3.8) is 0 Å². The van der Waals surface area contributed by atoms with Gasteiger partial charge in [-0.2, -0.15) is 0 Å². The Morgan fingerprint density at radius 3 is 2.75 bits per heavy atom. The first-order valence-electron chi connectivity index (χ1n) is 5.45. The van der Waals surface area contributed by atoms with Gasteiger partial charge in [0, 0.05) is 19.1 Å². The van der Waals surface area contributed by atoms with Gasteiger partial charge in [-0.3, -0.25) is 0 Å². The summed E-state index contributed by atoms with van der Waals surface area (Å²) >= 11 is 1.24. The summed E-state index contributed by atoms with van der Waals surface area (Å²) < 4.78 is 26.4. The molecule has 2 rings (SSSR count). The van der Waals surface area contributed by atoms with E-state index < -0.39 is 10.0 Å². The van der Waals surface area contributed by atoms with Crippen LogP contribution in [0.5, 0.6) is 0 Å². The third-order valence-electron chi connectivity index (χ3n) is 2.72. The number of hydrogen-bond donors (Lipinski definition) is 2. The molecular formula is C10H16N2O2S2. The van der Waals surface area contributed by atoms with Crippen LogP contribution in [0.3, 0.4) is 0 Å². The van der Waals surface area contributed by atoms with E-state index in [-0.39, 0.29) is 0 Å². The molecule has 6 heteroatoms. The number of hydrogen-bond acceptors (Lipinski definition) is 4. The molecule has 1 aliphatic rings. The maximum absolute atomic E-state index is 11.7. The number of nitrogens with one attached hydrogen (secondary N) is 2. The van der Waals surface area contributed by atoms with Gasteiger partial charge in [-0.1, -0.05) is 12.5 Å². The Labute approximate surface area is 100 Å². The Bertz CT molecular complexity index is 410. The Morgan fingerprint density at radius 1 is 1.38 bits per heavy atom. The summed E-state index contributed by atoms with van der Waals surface area (Å²) in [7, 11) is -3.28. The molecule has 1 aliphatic carbocycles. The van der Waals surface area contributed by atoms with Crippen molar-refractivity contribution in [1.29, 1.82) is 0 Å². The molecule has 90 valence electrons. The molecule has 0 atom stereocenters. The summed E-state index contributed by atoms with van der Waals surface area (Å²) in [5.74, 6) is 0. The third-order valence-corrected chi connectivity index (χ3v) is 5.57. The standard InChI is InChI=1S/C10H16N2O2S2/c13-16(14,10-5-2-8-15-10)12-7-6-11-9-3-1-4-9/h2,5,8-9,11-12H,1,3-4,6-7H2. The summed E-state index contributed by atoms with van der Waals surface area (Å²) in [6, 6.07) is 3.96. The van der Waals surface area contributed by atoms with E-state index in [2.05, 4.69) is 10.0 Å². The maximum atomic E-state index is 11.7. The van der Waals surface area contributed by atoms with Crippen molar-refractivity contribution >= 4 is 21.4 Å². The molecule has 0 bridgehead atoms. The lowest BCUT2D eigenvalue weighted by Gasteiger charge is -2.26.